The normalized spacial score (nSPS) is 31.7. The number of aliphatic hydroxyl groups is 3. The molecule has 11 atom stereocenters. The minimum absolute atomic E-state index is 0.00971. The molecular weight excluding hydrogens is 827 g/mol. The SMILES string of the molecule is C[C@H]1C[C@@H](NS(C)(=O)=O)[C@H](O[C@H]2OC[C@](C)(O)[C@H](N(C)S(C)(=O)=O)[C@H]2O)[C@@H](O)[C@@H]1O[C@H]1OC(CNC(=O)OCc2cccc([N+](=O)[O-])c2)=CC[C@H]1NC(=O)OC(C)(C)C. The van der Waals surface area contributed by atoms with Gasteiger partial charge in [0, 0.05) is 19.2 Å². The maximum atomic E-state index is 12.9. The summed E-state index contributed by atoms with van der Waals surface area (Å²) in [5.74, 6) is -0.466. The van der Waals surface area contributed by atoms with Crippen LogP contribution in [-0.2, 0) is 55.1 Å². The minimum atomic E-state index is -3.96. The first kappa shape index (κ1) is 48.0. The molecule has 6 N–H and O–H groups in total. The second-order valence-electron chi connectivity index (χ2n) is 16.2. The van der Waals surface area contributed by atoms with E-state index in [4.69, 9.17) is 28.4 Å². The molecule has 1 aromatic rings. The molecule has 334 valence electrons. The number of carbonyl (C=O) groups excluding carboxylic acids is 2. The number of nitro benzene ring substituents is 1. The summed E-state index contributed by atoms with van der Waals surface area (Å²) in [5.41, 5.74) is -2.56. The Kier molecular flexibility index (Phi) is 15.4. The zero-order valence-electron chi connectivity index (χ0n) is 34.0. The van der Waals surface area contributed by atoms with Crippen LogP contribution < -0.4 is 15.4 Å². The van der Waals surface area contributed by atoms with Crippen molar-refractivity contribution in [1.82, 2.24) is 19.7 Å². The Labute approximate surface area is 342 Å². The minimum Gasteiger partial charge on any atom is -0.465 e. The molecule has 1 saturated heterocycles. The van der Waals surface area contributed by atoms with Crippen molar-refractivity contribution >= 4 is 37.9 Å². The monoisotopic (exact) mass is 881 g/mol. The number of hydrogen-bond donors (Lipinski definition) is 6. The first-order valence-corrected chi connectivity index (χ1v) is 22.3. The Morgan fingerprint density at radius 2 is 1.71 bits per heavy atom. The van der Waals surface area contributed by atoms with Crippen molar-refractivity contribution in [3.8, 4) is 0 Å². The fourth-order valence-electron chi connectivity index (χ4n) is 6.99. The van der Waals surface area contributed by atoms with E-state index >= 15 is 0 Å². The van der Waals surface area contributed by atoms with Crippen molar-refractivity contribution in [3.05, 3.63) is 51.8 Å². The van der Waals surface area contributed by atoms with Crippen LogP contribution in [0.5, 0.6) is 0 Å². The highest BCUT2D eigenvalue weighted by Crippen LogP contribution is 2.36. The summed E-state index contributed by atoms with van der Waals surface area (Å²) < 4.78 is 87.8. The van der Waals surface area contributed by atoms with E-state index < -0.39 is 116 Å². The van der Waals surface area contributed by atoms with Crippen LogP contribution in [0.4, 0.5) is 15.3 Å². The second kappa shape index (κ2) is 18.9. The number of nitrogens with one attached hydrogen (secondary N) is 3. The summed E-state index contributed by atoms with van der Waals surface area (Å²) in [6.45, 7) is 6.90. The Bertz CT molecular complexity index is 1930. The lowest BCUT2D eigenvalue weighted by molar-refractivity contribution is -0.384. The lowest BCUT2D eigenvalue weighted by atomic mass is 9.80. The van der Waals surface area contributed by atoms with Gasteiger partial charge in [0.15, 0.2) is 6.29 Å². The van der Waals surface area contributed by atoms with Gasteiger partial charge in [0.05, 0.1) is 54.8 Å². The molecule has 0 spiro atoms. The predicted molar refractivity (Wildman–Crippen MR) is 206 cm³/mol. The Balaban J connectivity index is 1.55. The van der Waals surface area contributed by atoms with Gasteiger partial charge in [0.1, 0.15) is 41.9 Å². The number of non-ortho nitro benzene ring substituents is 1. The van der Waals surface area contributed by atoms with E-state index in [9.17, 15) is 51.9 Å². The molecule has 0 bridgehead atoms. The Hall–Kier alpha value is -3.72. The lowest BCUT2D eigenvalue weighted by Gasteiger charge is -2.50. The third kappa shape index (κ3) is 13.4. The molecule has 2 amide bonds. The van der Waals surface area contributed by atoms with Crippen LogP contribution in [-0.4, -0.2) is 153 Å². The molecule has 0 unspecified atom stereocenters. The van der Waals surface area contributed by atoms with E-state index in [1.54, 1.807) is 39.8 Å². The van der Waals surface area contributed by atoms with E-state index in [1.807, 2.05) is 0 Å². The van der Waals surface area contributed by atoms with Gasteiger partial charge in [-0.05, 0) is 58.1 Å². The van der Waals surface area contributed by atoms with Crippen molar-refractivity contribution in [2.24, 2.45) is 5.92 Å². The van der Waals surface area contributed by atoms with E-state index in [2.05, 4.69) is 15.4 Å². The fraction of sp³-hybridized carbons (Fsp3) is 0.714. The molecule has 2 fully saturated rings. The van der Waals surface area contributed by atoms with Crippen LogP contribution in [0.15, 0.2) is 36.1 Å². The highest BCUT2D eigenvalue weighted by molar-refractivity contribution is 7.88. The lowest BCUT2D eigenvalue weighted by Crippen LogP contribution is -2.68. The van der Waals surface area contributed by atoms with E-state index in [0.717, 1.165) is 23.9 Å². The Morgan fingerprint density at radius 1 is 1.05 bits per heavy atom. The molecular formula is C35H55N5O17S2. The molecule has 0 aromatic heterocycles. The molecule has 0 radical (unpaired) electrons. The quantitative estimate of drug-likeness (QED) is 0.107. The zero-order chi connectivity index (χ0) is 44.2. The maximum Gasteiger partial charge on any atom is 0.408 e. The molecule has 1 aliphatic carbocycles. The number of likely N-dealkylation sites (N-methyl/N-ethyl adjacent to an activating group) is 1. The molecule has 2 heterocycles. The van der Waals surface area contributed by atoms with Crippen molar-refractivity contribution in [2.45, 2.75) is 120 Å². The molecule has 22 nitrogen and oxygen atoms in total. The van der Waals surface area contributed by atoms with Gasteiger partial charge < -0.3 is 54.4 Å². The molecule has 4 rings (SSSR count). The number of benzene rings is 1. The first-order valence-electron chi connectivity index (χ1n) is 18.6. The maximum absolute atomic E-state index is 12.9. The Morgan fingerprint density at radius 3 is 2.32 bits per heavy atom. The number of ether oxygens (including phenoxy) is 6. The zero-order valence-corrected chi connectivity index (χ0v) is 35.6. The van der Waals surface area contributed by atoms with Gasteiger partial charge in [0.25, 0.3) is 5.69 Å². The molecule has 59 heavy (non-hydrogen) atoms. The molecule has 2 aliphatic heterocycles. The standard InChI is InChI=1S/C35H55N5O17S2/c1-19-14-24(38-58(7,48)49)28(56-31-26(42)29(35(5,45)18-53-31)39(6)59(8,50)51)25(41)27(19)55-30-23(37-33(44)57-34(2,3)4)13-12-22(54-30)16-36-32(43)52-17-20-10-9-11-21(15-20)40(46)47/h9-12,15,19,23-31,38,41-42,45H,13-14,16-18H2,1-8H3,(H,36,43)(H,37,44)/t19-,23+,24+,25-,26+,27+,28-,29+,30+,31+,35-/m0/s1. The third-order valence-electron chi connectivity index (χ3n) is 9.69. The molecule has 24 heteroatoms. The van der Waals surface area contributed by atoms with Crippen molar-refractivity contribution < 1.29 is 75.1 Å². The molecule has 1 saturated carbocycles. The number of nitrogens with zero attached hydrogens (tertiary/aromatic N) is 2. The molecule has 1 aromatic carbocycles. The molecule has 3 aliphatic rings. The van der Waals surface area contributed by atoms with Crippen LogP contribution in [0.2, 0.25) is 0 Å². The number of carbonyl (C=O) groups is 2. The van der Waals surface area contributed by atoms with Gasteiger partial charge in [-0.25, -0.2) is 31.1 Å². The van der Waals surface area contributed by atoms with E-state index in [0.29, 0.717) is 5.56 Å². The summed E-state index contributed by atoms with van der Waals surface area (Å²) in [6, 6.07) is 2.02. The van der Waals surface area contributed by atoms with Crippen LogP contribution in [0.1, 0.15) is 53.0 Å². The average Bonchev–Trinajstić information content (AvgIpc) is 3.09. The number of aliphatic hydroxyl groups excluding tert-OH is 2. The fourth-order valence-corrected chi connectivity index (χ4v) is 8.54. The number of hydrogen-bond acceptors (Lipinski definition) is 17. The largest absolute Gasteiger partial charge is 0.465 e. The number of amides is 2. The van der Waals surface area contributed by atoms with Gasteiger partial charge in [-0.1, -0.05) is 19.1 Å². The third-order valence-corrected chi connectivity index (χ3v) is 11.7. The van der Waals surface area contributed by atoms with Crippen molar-refractivity contribution in [3.63, 3.8) is 0 Å². The van der Waals surface area contributed by atoms with Crippen LogP contribution >= 0.6 is 0 Å². The van der Waals surface area contributed by atoms with Gasteiger partial charge in [0.2, 0.25) is 26.3 Å². The summed E-state index contributed by atoms with van der Waals surface area (Å²) in [7, 11) is -6.74. The second-order valence-corrected chi connectivity index (χ2v) is 20.0. The number of nitro groups is 1. The number of rotatable bonds is 14. The summed E-state index contributed by atoms with van der Waals surface area (Å²) >= 11 is 0. The van der Waals surface area contributed by atoms with Crippen LogP contribution in [0.25, 0.3) is 0 Å². The number of alkyl carbamates (subject to hydrolysis) is 2. The summed E-state index contributed by atoms with van der Waals surface area (Å²) in [5, 5.41) is 50.6. The summed E-state index contributed by atoms with van der Waals surface area (Å²) in [6.07, 6.45) is -7.54. The average molecular weight is 882 g/mol. The van der Waals surface area contributed by atoms with Crippen molar-refractivity contribution in [2.75, 3.05) is 32.7 Å². The van der Waals surface area contributed by atoms with Gasteiger partial charge in [-0.15, -0.1) is 0 Å². The van der Waals surface area contributed by atoms with Gasteiger partial charge >= 0.3 is 12.2 Å². The van der Waals surface area contributed by atoms with Crippen molar-refractivity contribution in [1.29, 1.82) is 0 Å². The smallest absolute Gasteiger partial charge is 0.408 e. The predicted octanol–water partition coefficient (Wildman–Crippen LogP) is 0.162. The van der Waals surface area contributed by atoms with Gasteiger partial charge in [-0.2, -0.15) is 4.31 Å². The van der Waals surface area contributed by atoms with E-state index in [-0.39, 0.29) is 37.4 Å². The summed E-state index contributed by atoms with van der Waals surface area (Å²) in [4.78, 5) is 36.0. The topological polar surface area (TPSA) is 301 Å². The highest BCUT2D eigenvalue weighted by atomic mass is 32.2. The van der Waals surface area contributed by atoms with Crippen LogP contribution in [0.3, 0.4) is 0 Å². The highest BCUT2D eigenvalue weighted by Gasteiger charge is 2.54. The van der Waals surface area contributed by atoms with Gasteiger partial charge in [-0.3, -0.25) is 10.1 Å². The first-order chi connectivity index (χ1) is 27.1. The van der Waals surface area contributed by atoms with Crippen LogP contribution in [0, 0.1) is 16.0 Å². The van der Waals surface area contributed by atoms with E-state index in [1.165, 1.54) is 25.1 Å². The number of sulfonamides is 2.